The van der Waals surface area contributed by atoms with Crippen LogP contribution in [0.25, 0.3) is 0 Å². The third-order valence-electron chi connectivity index (χ3n) is 4.01. The molecule has 1 atom stereocenters. The highest BCUT2D eigenvalue weighted by Gasteiger charge is 2.23. The summed E-state index contributed by atoms with van der Waals surface area (Å²) in [7, 11) is 0. The summed E-state index contributed by atoms with van der Waals surface area (Å²) in [6.07, 6.45) is 0.234. The molecule has 6 nitrogen and oxygen atoms in total. The Morgan fingerprint density at radius 1 is 1.27 bits per heavy atom. The van der Waals surface area contributed by atoms with Crippen LogP contribution in [0.2, 0.25) is 0 Å². The van der Waals surface area contributed by atoms with Crippen LogP contribution in [-0.4, -0.2) is 24.4 Å². The van der Waals surface area contributed by atoms with Gasteiger partial charge in [0.25, 0.3) is 5.91 Å². The lowest BCUT2D eigenvalue weighted by atomic mass is 10.0. The number of aliphatic imine (C=N–C) groups is 1. The van der Waals surface area contributed by atoms with Crippen molar-refractivity contribution in [2.45, 2.75) is 26.3 Å². The van der Waals surface area contributed by atoms with Crippen molar-refractivity contribution in [2.75, 3.05) is 6.61 Å². The number of guanidine groups is 1. The topological polar surface area (TPSA) is 79.8 Å². The molecule has 6 heteroatoms. The maximum Gasteiger partial charge on any atom is 0.257 e. The first-order valence-electron chi connectivity index (χ1n) is 8.53. The summed E-state index contributed by atoms with van der Waals surface area (Å²) >= 11 is 0. The van der Waals surface area contributed by atoms with E-state index in [0.29, 0.717) is 12.2 Å². The number of benzene rings is 2. The molecule has 1 aliphatic rings. The van der Waals surface area contributed by atoms with Gasteiger partial charge in [-0.3, -0.25) is 20.2 Å². The fraction of sp³-hybridized carbons (Fsp3) is 0.250. The van der Waals surface area contributed by atoms with Gasteiger partial charge in [0.1, 0.15) is 5.75 Å². The summed E-state index contributed by atoms with van der Waals surface area (Å²) < 4.78 is 5.43. The van der Waals surface area contributed by atoms with Crippen LogP contribution in [0.15, 0.2) is 53.5 Å². The highest BCUT2D eigenvalue weighted by atomic mass is 16.5. The van der Waals surface area contributed by atoms with Crippen molar-refractivity contribution >= 4 is 17.8 Å². The van der Waals surface area contributed by atoms with Crippen molar-refractivity contribution in [3.8, 4) is 5.75 Å². The molecule has 0 bridgehead atoms. The second kappa shape index (κ2) is 7.82. The van der Waals surface area contributed by atoms with E-state index in [9.17, 15) is 9.59 Å². The smallest absolute Gasteiger partial charge is 0.257 e. The maximum atomic E-state index is 12.4. The zero-order chi connectivity index (χ0) is 18.5. The number of ether oxygens (including phenoxy) is 1. The molecule has 26 heavy (non-hydrogen) atoms. The van der Waals surface area contributed by atoms with Crippen LogP contribution in [0.4, 0.5) is 0 Å². The highest BCUT2D eigenvalue weighted by molar-refractivity contribution is 6.10. The molecule has 0 aliphatic carbocycles. The van der Waals surface area contributed by atoms with Crippen LogP contribution in [0.1, 0.15) is 40.9 Å². The number of amides is 2. The Morgan fingerprint density at radius 3 is 2.73 bits per heavy atom. The lowest BCUT2D eigenvalue weighted by Crippen LogP contribution is -2.47. The lowest BCUT2D eigenvalue weighted by molar-refractivity contribution is -0.120. The zero-order valence-corrected chi connectivity index (χ0v) is 14.8. The van der Waals surface area contributed by atoms with Crippen molar-refractivity contribution < 1.29 is 14.3 Å². The predicted molar refractivity (Wildman–Crippen MR) is 99.2 cm³/mol. The molecule has 0 saturated heterocycles. The number of hydrogen-bond donors (Lipinski definition) is 2. The molecule has 0 aromatic heterocycles. The zero-order valence-electron chi connectivity index (χ0n) is 14.8. The van der Waals surface area contributed by atoms with Crippen LogP contribution < -0.4 is 15.4 Å². The van der Waals surface area contributed by atoms with E-state index in [1.165, 1.54) is 0 Å². The molecular formula is C20H21N3O3. The van der Waals surface area contributed by atoms with Gasteiger partial charge in [0.15, 0.2) is 0 Å². The van der Waals surface area contributed by atoms with E-state index in [0.717, 1.165) is 16.9 Å². The van der Waals surface area contributed by atoms with E-state index in [-0.39, 0.29) is 30.2 Å². The van der Waals surface area contributed by atoms with Gasteiger partial charge in [-0.05, 0) is 43.7 Å². The van der Waals surface area contributed by atoms with Crippen LogP contribution in [0.5, 0.6) is 5.75 Å². The van der Waals surface area contributed by atoms with Crippen LogP contribution in [0.3, 0.4) is 0 Å². The number of carbonyl (C=O) groups excluding carboxylic acids is 2. The van der Waals surface area contributed by atoms with Crippen molar-refractivity contribution in [1.29, 1.82) is 0 Å². The van der Waals surface area contributed by atoms with Crippen LogP contribution >= 0.6 is 0 Å². The Hall–Kier alpha value is -3.15. The average Bonchev–Trinajstić information content (AvgIpc) is 2.62. The monoisotopic (exact) mass is 351 g/mol. The van der Waals surface area contributed by atoms with Gasteiger partial charge in [0.05, 0.1) is 19.1 Å². The first kappa shape index (κ1) is 17.7. The normalized spacial score (nSPS) is 16.5. The van der Waals surface area contributed by atoms with Crippen molar-refractivity contribution in [1.82, 2.24) is 10.6 Å². The molecule has 2 aromatic carbocycles. The number of nitrogens with zero attached hydrogens (tertiary/aromatic N) is 1. The molecule has 134 valence electrons. The Morgan fingerprint density at radius 2 is 2.04 bits per heavy atom. The molecule has 0 unspecified atom stereocenters. The lowest BCUT2D eigenvalue weighted by Gasteiger charge is -2.21. The molecule has 2 N–H and O–H groups in total. The minimum absolute atomic E-state index is 0.173. The van der Waals surface area contributed by atoms with Gasteiger partial charge in [-0.1, -0.05) is 29.8 Å². The van der Waals surface area contributed by atoms with E-state index >= 15 is 0 Å². The number of hydrogen-bond acceptors (Lipinski definition) is 4. The van der Waals surface area contributed by atoms with E-state index in [1.54, 1.807) is 12.1 Å². The SMILES string of the molecule is CCOc1ccc([C@@H]2CC(=O)NC(NC(=O)c3cccc(C)c3)=N2)cc1. The minimum Gasteiger partial charge on any atom is -0.494 e. The summed E-state index contributed by atoms with van der Waals surface area (Å²) in [6.45, 7) is 4.43. The molecule has 0 radical (unpaired) electrons. The maximum absolute atomic E-state index is 12.4. The number of rotatable bonds is 4. The van der Waals surface area contributed by atoms with Crippen molar-refractivity contribution in [2.24, 2.45) is 4.99 Å². The second-order valence-corrected chi connectivity index (χ2v) is 6.07. The Kier molecular flexibility index (Phi) is 5.31. The fourth-order valence-electron chi connectivity index (χ4n) is 2.77. The van der Waals surface area contributed by atoms with Gasteiger partial charge in [-0.15, -0.1) is 0 Å². The molecule has 0 spiro atoms. The molecule has 2 aromatic rings. The molecule has 1 heterocycles. The van der Waals surface area contributed by atoms with Crippen molar-refractivity contribution in [3.63, 3.8) is 0 Å². The second-order valence-electron chi connectivity index (χ2n) is 6.07. The summed E-state index contributed by atoms with van der Waals surface area (Å²) in [4.78, 5) is 28.9. The standard InChI is InChI=1S/C20H21N3O3/c1-3-26-16-9-7-14(8-10-16)17-12-18(24)22-20(21-17)23-19(25)15-6-4-5-13(2)11-15/h4-11,17H,3,12H2,1-2H3,(H2,21,22,23,24,25)/t17-/m0/s1. The summed E-state index contributed by atoms with van der Waals surface area (Å²) in [6, 6.07) is 14.4. The Bertz CT molecular complexity index is 844. The first-order valence-corrected chi connectivity index (χ1v) is 8.53. The summed E-state index contributed by atoms with van der Waals surface area (Å²) in [5, 5.41) is 5.30. The average molecular weight is 351 g/mol. The summed E-state index contributed by atoms with van der Waals surface area (Å²) in [5.74, 6) is 0.457. The van der Waals surface area contributed by atoms with Gasteiger partial charge >= 0.3 is 0 Å². The number of nitrogens with one attached hydrogen (secondary N) is 2. The molecule has 0 saturated carbocycles. The molecule has 0 fully saturated rings. The quantitative estimate of drug-likeness (QED) is 0.889. The van der Waals surface area contributed by atoms with Crippen LogP contribution in [-0.2, 0) is 4.79 Å². The van der Waals surface area contributed by atoms with Gasteiger partial charge in [0, 0.05) is 5.56 Å². The fourth-order valence-corrected chi connectivity index (χ4v) is 2.77. The molecule has 3 rings (SSSR count). The molecular weight excluding hydrogens is 330 g/mol. The highest BCUT2D eigenvalue weighted by Crippen LogP contribution is 2.25. The minimum atomic E-state index is -0.341. The van der Waals surface area contributed by atoms with E-state index in [2.05, 4.69) is 15.6 Å². The van der Waals surface area contributed by atoms with Gasteiger partial charge < -0.3 is 4.74 Å². The number of carbonyl (C=O) groups is 2. The van der Waals surface area contributed by atoms with Gasteiger partial charge in [-0.2, -0.15) is 0 Å². The Balaban J connectivity index is 1.76. The van der Waals surface area contributed by atoms with Crippen LogP contribution in [0, 0.1) is 6.92 Å². The molecule has 2 amide bonds. The number of aryl methyl sites for hydroxylation is 1. The van der Waals surface area contributed by atoms with E-state index < -0.39 is 0 Å². The largest absolute Gasteiger partial charge is 0.494 e. The van der Waals surface area contributed by atoms with E-state index in [4.69, 9.17) is 4.74 Å². The van der Waals surface area contributed by atoms with Gasteiger partial charge in [0.2, 0.25) is 11.9 Å². The van der Waals surface area contributed by atoms with Crippen molar-refractivity contribution in [3.05, 3.63) is 65.2 Å². The van der Waals surface area contributed by atoms with Gasteiger partial charge in [-0.25, -0.2) is 4.99 Å². The molecule has 1 aliphatic heterocycles. The Labute approximate surface area is 152 Å². The van der Waals surface area contributed by atoms with E-state index in [1.807, 2.05) is 50.2 Å². The first-order chi connectivity index (χ1) is 12.5. The summed E-state index contributed by atoms with van der Waals surface area (Å²) in [5.41, 5.74) is 2.40. The third kappa shape index (κ3) is 4.27. The predicted octanol–water partition coefficient (Wildman–Crippen LogP) is 2.74. The third-order valence-corrected chi connectivity index (χ3v) is 4.01.